The summed E-state index contributed by atoms with van der Waals surface area (Å²) < 4.78 is 17.6. The van der Waals surface area contributed by atoms with Gasteiger partial charge in [0.15, 0.2) is 12.3 Å². The third-order valence-corrected chi connectivity index (χ3v) is 3.19. The van der Waals surface area contributed by atoms with E-state index in [2.05, 4.69) is 4.98 Å². The molecule has 0 amide bonds. The first-order valence-corrected chi connectivity index (χ1v) is 6.02. The molecule has 3 heterocycles. The molecule has 0 spiro atoms. The molecule has 2 N–H and O–H groups in total. The number of rotatable bonds is 3. The van der Waals surface area contributed by atoms with Gasteiger partial charge in [-0.25, -0.2) is 0 Å². The second-order valence-corrected chi connectivity index (χ2v) is 4.35. The number of aliphatic hydroxyl groups is 2. The number of ether oxygens (including phenoxy) is 3. The van der Waals surface area contributed by atoms with Crippen LogP contribution in [0.2, 0.25) is 0 Å². The summed E-state index contributed by atoms with van der Waals surface area (Å²) in [6.07, 6.45) is -1.53. The van der Waals surface area contributed by atoms with Crippen LogP contribution in [-0.2, 0) is 4.74 Å². The van der Waals surface area contributed by atoms with Crippen LogP contribution >= 0.6 is 0 Å². The molecular formula is C11H14N2O6. The second kappa shape index (κ2) is 4.48. The van der Waals surface area contributed by atoms with Gasteiger partial charge in [-0.2, -0.15) is 4.98 Å². The van der Waals surface area contributed by atoms with Gasteiger partial charge in [0.1, 0.15) is 12.2 Å². The highest BCUT2D eigenvalue weighted by molar-refractivity contribution is 5.20. The molecule has 1 aromatic rings. The number of fused-ring (bicyclic) bond motifs is 3. The van der Waals surface area contributed by atoms with Crippen molar-refractivity contribution in [1.29, 1.82) is 0 Å². The van der Waals surface area contributed by atoms with E-state index in [1.807, 2.05) is 0 Å². The molecule has 19 heavy (non-hydrogen) atoms. The first kappa shape index (κ1) is 12.4. The summed E-state index contributed by atoms with van der Waals surface area (Å²) in [5.41, 5.74) is -0.527. The molecule has 0 saturated carbocycles. The lowest BCUT2D eigenvalue weighted by Crippen LogP contribution is -2.34. The SMILES string of the molecule is CCOc1cn2c(nc1=O)O[C@H]1[C@H](O)[C@@H](CO)O[C@H]12. The fraction of sp³-hybridized carbons (Fsp3) is 0.636. The van der Waals surface area contributed by atoms with E-state index in [1.165, 1.54) is 10.8 Å². The van der Waals surface area contributed by atoms with Crippen molar-refractivity contribution in [3.05, 3.63) is 16.6 Å². The van der Waals surface area contributed by atoms with E-state index in [-0.39, 0.29) is 18.4 Å². The fourth-order valence-corrected chi connectivity index (χ4v) is 2.30. The van der Waals surface area contributed by atoms with E-state index < -0.39 is 30.1 Å². The lowest BCUT2D eigenvalue weighted by molar-refractivity contribution is -0.0436. The first-order valence-electron chi connectivity index (χ1n) is 6.02. The number of hydrogen-bond acceptors (Lipinski definition) is 7. The van der Waals surface area contributed by atoms with E-state index in [9.17, 15) is 9.90 Å². The maximum Gasteiger partial charge on any atom is 0.318 e. The quantitative estimate of drug-likeness (QED) is 0.700. The molecule has 1 fully saturated rings. The first-order chi connectivity index (χ1) is 9.15. The Kier molecular flexibility index (Phi) is 2.92. The standard InChI is InChI=1S/C11H14N2O6/c1-2-17-5-3-13-10-8(7(15)6(4-14)18-10)19-11(13)12-9(5)16/h3,6-8,10,14-15H,2,4H2,1H3/t6-,7-,8+,10-/m1/s1. The van der Waals surface area contributed by atoms with Crippen LogP contribution in [0.4, 0.5) is 0 Å². The molecule has 2 aliphatic heterocycles. The molecule has 0 bridgehead atoms. The topological polar surface area (TPSA) is 103 Å². The summed E-state index contributed by atoms with van der Waals surface area (Å²) in [6.45, 7) is 1.79. The van der Waals surface area contributed by atoms with Crippen molar-refractivity contribution in [2.24, 2.45) is 0 Å². The van der Waals surface area contributed by atoms with E-state index in [4.69, 9.17) is 19.3 Å². The number of hydrogen-bond donors (Lipinski definition) is 2. The van der Waals surface area contributed by atoms with Crippen LogP contribution in [0.3, 0.4) is 0 Å². The molecule has 4 atom stereocenters. The van der Waals surface area contributed by atoms with Crippen molar-refractivity contribution in [3.8, 4) is 11.8 Å². The molecule has 0 radical (unpaired) electrons. The smallest absolute Gasteiger partial charge is 0.318 e. The van der Waals surface area contributed by atoms with Crippen LogP contribution in [0, 0.1) is 0 Å². The zero-order valence-electron chi connectivity index (χ0n) is 10.2. The summed E-state index contributed by atoms with van der Waals surface area (Å²) in [5, 5.41) is 19.0. The third kappa shape index (κ3) is 1.79. The zero-order valence-corrected chi connectivity index (χ0v) is 10.2. The van der Waals surface area contributed by atoms with Gasteiger partial charge in [0.2, 0.25) is 5.75 Å². The molecule has 0 aromatic carbocycles. The van der Waals surface area contributed by atoms with Gasteiger partial charge in [-0.1, -0.05) is 0 Å². The van der Waals surface area contributed by atoms with Gasteiger partial charge < -0.3 is 24.4 Å². The molecule has 104 valence electrons. The van der Waals surface area contributed by atoms with Crippen LogP contribution < -0.4 is 15.0 Å². The summed E-state index contributed by atoms with van der Waals surface area (Å²) >= 11 is 0. The molecule has 2 aliphatic rings. The molecule has 8 nitrogen and oxygen atoms in total. The van der Waals surface area contributed by atoms with Gasteiger partial charge in [-0.15, -0.1) is 0 Å². The molecule has 0 aliphatic carbocycles. The van der Waals surface area contributed by atoms with Crippen molar-refractivity contribution in [2.45, 2.75) is 31.5 Å². The van der Waals surface area contributed by atoms with Crippen LogP contribution in [0.15, 0.2) is 11.0 Å². The minimum absolute atomic E-state index is 0.0823. The van der Waals surface area contributed by atoms with Crippen molar-refractivity contribution in [3.63, 3.8) is 0 Å². The van der Waals surface area contributed by atoms with Crippen molar-refractivity contribution in [2.75, 3.05) is 13.2 Å². The summed E-state index contributed by atoms with van der Waals surface area (Å²) in [7, 11) is 0. The van der Waals surface area contributed by atoms with E-state index >= 15 is 0 Å². The minimum Gasteiger partial charge on any atom is -0.487 e. The molecule has 0 unspecified atom stereocenters. The van der Waals surface area contributed by atoms with Gasteiger partial charge in [-0.3, -0.25) is 9.36 Å². The Bertz CT molecular complexity index is 544. The van der Waals surface area contributed by atoms with Gasteiger partial charge in [0, 0.05) is 0 Å². The molecule has 1 aromatic heterocycles. The van der Waals surface area contributed by atoms with Gasteiger partial charge >= 0.3 is 11.6 Å². The monoisotopic (exact) mass is 270 g/mol. The summed E-state index contributed by atoms with van der Waals surface area (Å²) in [6, 6.07) is 0.0823. The van der Waals surface area contributed by atoms with E-state index in [0.717, 1.165) is 0 Å². The fourth-order valence-electron chi connectivity index (χ4n) is 2.30. The summed E-state index contributed by atoms with van der Waals surface area (Å²) in [5.74, 6) is 0.0982. The van der Waals surface area contributed by atoms with Crippen LogP contribution in [0.5, 0.6) is 11.8 Å². The maximum atomic E-state index is 11.6. The number of aromatic nitrogens is 2. The summed E-state index contributed by atoms with van der Waals surface area (Å²) in [4.78, 5) is 15.4. The van der Waals surface area contributed by atoms with E-state index in [0.29, 0.717) is 6.61 Å². The highest BCUT2D eigenvalue weighted by atomic mass is 16.6. The molecule has 8 heteroatoms. The second-order valence-electron chi connectivity index (χ2n) is 4.35. The van der Waals surface area contributed by atoms with Crippen molar-refractivity contribution >= 4 is 0 Å². The highest BCUT2D eigenvalue weighted by Crippen LogP contribution is 2.39. The average Bonchev–Trinajstić information content (AvgIpc) is 2.88. The Balaban J connectivity index is 1.97. The lowest BCUT2D eigenvalue weighted by Gasteiger charge is -2.14. The van der Waals surface area contributed by atoms with Crippen molar-refractivity contribution in [1.82, 2.24) is 9.55 Å². The number of aliphatic hydroxyl groups excluding tert-OH is 2. The predicted octanol–water partition coefficient (Wildman–Crippen LogP) is -1.35. The zero-order chi connectivity index (χ0) is 13.6. The molecule has 1 saturated heterocycles. The molecule has 3 rings (SSSR count). The van der Waals surface area contributed by atoms with Crippen LogP contribution in [-0.4, -0.2) is 51.3 Å². The van der Waals surface area contributed by atoms with E-state index in [1.54, 1.807) is 6.92 Å². The largest absolute Gasteiger partial charge is 0.487 e. The Morgan fingerprint density at radius 1 is 1.58 bits per heavy atom. The van der Waals surface area contributed by atoms with Gasteiger partial charge in [-0.05, 0) is 6.92 Å². The normalized spacial score (nSPS) is 31.7. The van der Waals surface area contributed by atoms with Gasteiger partial charge in [0.05, 0.1) is 19.4 Å². The third-order valence-electron chi connectivity index (χ3n) is 3.19. The Hall–Kier alpha value is -1.64. The Labute approximate surface area is 108 Å². The maximum absolute atomic E-state index is 11.6. The molecular weight excluding hydrogens is 256 g/mol. The average molecular weight is 270 g/mol. The van der Waals surface area contributed by atoms with Crippen LogP contribution in [0.1, 0.15) is 13.2 Å². The minimum atomic E-state index is -0.970. The van der Waals surface area contributed by atoms with Crippen molar-refractivity contribution < 1.29 is 24.4 Å². The Morgan fingerprint density at radius 3 is 3.05 bits per heavy atom. The predicted molar refractivity (Wildman–Crippen MR) is 61.1 cm³/mol. The highest BCUT2D eigenvalue weighted by Gasteiger charge is 2.51. The van der Waals surface area contributed by atoms with Gasteiger partial charge in [0.25, 0.3) is 0 Å². The number of nitrogens with zero attached hydrogens (tertiary/aromatic N) is 2. The Morgan fingerprint density at radius 2 is 2.37 bits per heavy atom. The lowest BCUT2D eigenvalue weighted by atomic mass is 10.1. The van der Waals surface area contributed by atoms with Crippen LogP contribution in [0.25, 0.3) is 0 Å².